The largest absolute Gasteiger partial charge is 0.496 e. The molecule has 45 heavy (non-hydrogen) atoms. The summed E-state index contributed by atoms with van der Waals surface area (Å²) in [5.74, 6) is -0.245. The normalized spacial score (nSPS) is 13.2. The number of ether oxygens (including phenoxy) is 3. The Labute approximate surface area is 259 Å². The van der Waals surface area contributed by atoms with E-state index < -0.39 is 17.7 Å². The van der Waals surface area contributed by atoms with E-state index in [1.807, 2.05) is 0 Å². The molecule has 10 nitrogen and oxygen atoms in total. The zero-order valence-corrected chi connectivity index (χ0v) is 25.2. The van der Waals surface area contributed by atoms with Crippen molar-refractivity contribution in [1.82, 2.24) is 9.88 Å². The first-order valence-corrected chi connectivity index (χ1v) is 14.5. The van der Waals surface area contributed by atoms with Gasteiger partial charge in [-0.25, -0.2) is 18.6 Å². The lowest BCUT2D eigenvalue weighted by Crippen LogP contribution is -2.32. The third-order valence-electron chi connectivity index (χ3n) is 7.46. The summed E-state index contributed by atoms with van der Waals surface area (Å²) in [7, 11) is 3.12. The van der Waals surface area contributed by atoms with Crippen molar-refractivity contribution in [2.75, 3.05) is 43.7 Å². The lowest BCUT2D eigenvalue weighted by Gasteiger charge is -2.21. The Kier molecular flexibility index (Phi) is 9.50. The second-order valence-electron chi connectivity index (χ2n) is 11.0. The van der Waals surface area contributed by atoms with Crippen molar-refractivity contribution in [2.45, 2.75) is 38.3 Å². The number of benzene rings is 3. The number of carbonyl (C=O) groups is 2. The first kappa shape index (κ1) is 31.3. The molecule has 1 aliphatic carbocycles. The van der Waals surface area contributed by atoms with E-state index >= 15 is 0 Å². The Morgan fingerprint density at radius 2 is 1.87 bits per heavy atom. The summed E-state index contributed by atoms with van der Waals surface area (Å²) in [6.45, 7) is 1.81. The summed E-state index contributed by atoms with van der Waals surface area (Å²) in [6, 6.07) is 13.9. The quantitative estimate of drug-likeness (QED) is 0.174. The third-order valence-corrected chi connectivity index (χ3v) is 7.46. The molecule has 0 saturated heterocycles. The first-order chi connectivity index (χ1) is 21.6. The minimum Gasteiger partial charge on any atom is -0.496 e. The van der Waals surface area contributed by atoms with E-state index in [9.17, 15) is 18.4 Å². The molecule has 1 aliphatic rings. The van der Waals surface area contributed by atoms with E-state index in [0.717, 1.165) is 12.8 Å². The van der Waals surface area contributed by atoms with Crippen LogP contribution in [0.25, 0.3) is 10.8 Å². The molecule has 4 N–H and O–H groups in total. The molecule has 12 heteroatoms. The summed E-state index contributed by atoms with van der Waals surface area (Å²) in [6.07, 6.45) is 2.84. The Hall–Kier alpha value is -5.13. The van der Waals surface area contributed by atoms with Crippen molar-refractivity contribution in [3.63, 3.8) is 0 Å². The molecule has 1 fully saturated rings. The molecule has 0 bridgehead atoms. The van der Waals surface area contributed by atoms with Crippen molar-refractivity contribution < 1.29 is 32.6 Å². The molecule has 4 aromatic rings. The van der Waals surface area contributed by atoms with Crippen LogP contribution in [0, 0.1) is 11.6 Å². The molecule has 3 aromatic carbocycles. The van der Waals surface area contributed by atoms with Crippen LogP contribution in [0.4, 0.5) is 30.8 Å². The van der Waals surface area contributed by atoms with Crippen LogP contribution in [0.15, 0.2) is 60.8 Å². The number of hydrogen-bond acceptors (Lipinski definition) is 8. The van der Waals surface area contributed by atoms with Gasteiger partial charge in [0.05, 0.1) is 32.1 Å². The Bertz CT molecular complexity index is 1710. The standard InChI is InChI=1S/C33H35F2N5O5/c1-19(25-14-22(34)4-8-30(25)43-3)18-44-33(42)39-23-5-9-29(45-24-6-7-24)21(12-23)17-40(2)31(41)16-38-28-13-20-10-11-37-32(36)26(20)15-27(28)35/h4-5,8-15,19,24,38H,6-7,16-18H2,1-3H3,(H2,36,37)(H,39,42). The molecule has 1 unspecified atom stereocenters. The number of hydrogen-bond donors (Lipinski definition) is 3. The molecular weight excluding hydrogens is 584 g/mol. The SMILES string of the molecule is COc1ccc(F)cc1C(C)COC(=O)Nc1ccc(OC2CC2)c(CN(C)C(=O)CNc2cc3ccnc(N)c3cc2F)c1. The molecule has 1 saturated carbocycles. The lowest BCUT2D eigenvalue weighted by molar-refractivity contribution is -0.128. The lowest BCUT2D eigenvalue weighted by atomic mass is 10.0. The molecule has 5 rings (SSSR count). The number of anilines is 3. The van der Waals surface area contributed by atoms with Crippen molar-refractivity contribution in [3.05, 3.63) is 83.6 Å². The van der Waals surface area contributed by atoms with Gasteiger partial charge in [-0.2, -0.15) is 0 Å². The maximum absolute atomic E-state index is 14.7. The zero-order chi connectivity index (χ0) is 32.1. The monoisotopic (exact) mass is 619 g/mol. The van der Waals surface area contributed by atoms with Crippen LogP contribution in [0.2, 0.25) is 0 Å². The van der Waals surface area contributed by atoms with E-state index in [4.69, 9.17) is 19.9 Å². The number of fused-ring (bicyclic) bond motifs is 1. The molecule has 236 valence electrons. The van der Waals surface area contributed by atoms with Gasteiger partial charge < -0.3 is 30.2 Å². The second-order valence-corrected chi connectivity index (χ2v) is 11.0. The van der Waals surface area contributed by atoms with E-state index in [-0.39, 0.29) is 49.1 Å². The smallest absolute Gasteiger partial charge is 0.411 e. The van der Waals surface area contributed by atoms with Crippen LogP contribution in [0.1, 0.15) is 36.8 Å². The molecule has 1 heterocycles. The number of nitrogens with one attached hydrogen (secondary N) is 2. The van der Waals surface area contributed by atoms with Gasteiger partial charge in [0.2, 0.25) is 5.91 Å². The van der Waals surface area contributed by atoms with Crippen LogP contribution >= 0.6 is 0 Å². The van der Waals surface area contributed by atoms with Crippen molar-refractivity contribution in [2.24, 2.45) is 0 Å². The number of nitrogen functional groups attached to an aromatic ring is 1. The number of nitrogens with two attached hydrogens (primary N) is 1. The minimum absolute atomic E-state index is 0.00626. The van der Waals surface area contributed by atoms with E-state index in [1.54, 1.807) is 44.3 Å². The predicted octanol–water partition coefficient (Wildman–Crippen LogP) is 6.07. The number of nitrogens with zero attached hydrogens (tertiary/aromatic N) is 2. The van der Waals surface area contributed by atoms with Gasteiger partial charge in [0.1, 0.15) is 29.0 Å². The number of rotatable bonds is 12. The summed E-state index contributed by atoms with van der Waals surface area (Å²) in [5.41, 5.74) is 7.71. The highest BCUT2D eigenvalue weighted by Gasteiger charge is 2.25. The van der Waals surface area contributed by atoms with Gasteiger partial charge in [-0.3, -0.25) is 10.1 Å². The number of amides is 2. The second kappa shape index (κ2) is 13.7. The first-order valence-electron chi connectivity index (χ1n) is 14.5. The highest BCUT2D eigenvalue weighted by Crippen LogP contribution is 2.32. The number of methoxy groups -OCH3 is 1. The van der Waals surface area contributed by atoms with Crippen LogP contribution in [0.5, 0.6) is 11.5 Å². The molecule has 0 aliphatic heterocycles. The van der Waals surface area contributed by atoms with Gasteiger partial charge >= 0.3 is 6.09 Å². The summed E-state index contributed by atoms with van der Waals surface area (Å²) in [4.78, 5) is 31.1. The van der Waals surface area contributed by atoms with Gasteiger partial charge in [0, 0.05) is 47.9 Å². The number of halogens is 2. The van der Waals surface area contributed by atoms with E-state index in [2.05, 4.69) is 15.6 Å². The fourth-order valence-corrected chi connectivity index (χ4v) is 4.80. The van der Waals surface area contributed by atoms with Crippen LogP contribution in [0.3, 0.4) is 0 Å². The summed E-state index contributed by atoms with van der Waals surface area (Å²) in [5, 5.41) is 6.76. The van der Waals surface area contributed by atoms with Crippen LogP contribution in [-0.4, -0.2) is 55.3 Å². The van der Waals surface area contributed by atoms with Gasteiger partial charge in [-0.1, -0.05) is 6.92 Å². The Balaban J connectivity index is 1.21. The predicted molar refractivity (Wildman–Crippen MR) is 168 cm³/mol. The highest BCUT2D eigenvalue weighted by atomic mass is 19.1. The maximum atomic E-state index is 14.7. The number of pyridine rings is 1. The van der Waals surface area contributed by atoms with E-state index in [1.165, 1.54) is 42.5 Å². The van der Waals surface area contributed by atoms with Gasteiger partial charge in [0.15, 0.2) is 0 Å². The summed E-state index contributed by atoms with van der Waals surface area (Å²) >= 11 is 0. The fraction of sp³-hybridized carbons (Fsp3) is 0.303. The van der Waals surface area contributed by atoms with Crippen LogP contribution < -0.4 is 25.8 Å². The minimum atomic E-state index is -0.692. The van der Waals surface area contributed by atoms with Crippen molar-refractivity contribution in [3.8, 4) is 11.5 Å². The number of aromatic nitrogens is 1. The maximum Gasteiger partial charge on any atom is 0.411 e. The average Bonchev–Trinajstić information content (AvgIpc) is 3.84. The van der Waals surface area contributed by atoms with Crippen molar-refractivity contribution in [1.29, 1.82) is 0 Å². The molecule has 2 amide bonds. The van der Waals surface area contributed by atoms with Crippen LogP contribution in [-0.2, 0) is 16.1 Å². The van der Waals surface area contributed by atoms with Gasteiger partial charge in [-0.05, 0) is 72.8 Å². The summed E-state index contributed by atoms with van der Waals surface area (Å²) < 4.78 is 45.3. The fourth-order valence-electron chi connectivity index (χ4n) is 4.80. The number of carbonyl (C=O) groups excluding carboxylic acids is 2. The van der Waals surface area contributed by atoms with Gasteiger partial charge in [-0.15, -0.1) is 0 Å². The number of likely N-dealkylation sites (N-methyl/N-ethyl adjacent to an activating group) is 1. The van der Waals surface area contributed by atoms with E-state index in [0.29, 0.717) is 39.1 Å². The van der Waals surface area contributed by atoms with Gasteiger partial charge in [0.25, 0.3) is 0 Å². The zero-order valence-electron chi connectivity index (χ0n) is 25.2. The average molecular weight is 620 g/mol. The third kappa shape index (κ3) is 7.88. The highest BCUT2D eigenvalue weighted by molar-refractivity contribution is 5.93. The Morgan fingerprint density at radius 3 is 2.62 bits per heavy atom. The topological polar surface area (TPSA) is 128 Å². The molecule has 0 radical (unpaired) electrons. The molecular formula is C33H35F2N5O5. The Morgan fingerprint density at radius 1 is 1.09 bits per heavy atom. The molecule has 1 atom stereocenters. The molecule has 0 spiro atoms. The van der Waals surface area contributed by atoms with Crippen molar-refractivity contribution >= 4 is 40.0 Å². The molecule has 1 aromatic heterocycles.